The van der Waals surface area contributed by atoms with Crippen LogP contribution in [-0.4, -0.2) is 76.0 Å². The highest BCUT2D eigenvalue weighted by Gasteiger charge is 2.61. The van der Waals surface area contributed by atoms with Crippen molar-refractivity contribution in [1.82, 2.24) is 15.4 Å². The number of ether oxygens (including phenoxy) is 5. The number of benzene rings is 2. The van der Waals surface area contributed by atoms with E-state index in [1.165, 1.54) is 28.4 Å². The van der Waals surface area contributed by atoms with Crippen LogP contribution in [0.2, 0.25) is 0 Å². The zero-order valence-corrected chi connectivity index (χ0v) is 21.8. The fourth-order valence-corrected chi connectivity index (χ4v) is 5.51. The number of hydrazine groups is 2. The van der Waals surface area contributed by atoms with Crippen molar-refractivity contribution in [3.63, 3.8) is 0 Å². The smallest absolute Gasteiger partial charge is 0.433 e. The Bertz CT molecular complexity index is 1270. The molecule has 0 saturated heterocycles. The molecule has 1 N–H and O–H groups in total. The number of methoxy groups -OCH3 is 5. The van der Waals surface area contributed by atoms with E-state index in [9.17, 15) is 19.2 Å². The van der Waals surface area contributed by atoms with Gasteiger partial charge in [0.1, 0.15) is 11.3 Å². The minimum absolute atomic E-state index is 0.279. The van der Waals surface area contributed by atoms with E-state index in [1.54, 1.807) is 24.3 Å². The highest BCUT2D eigenvalue weighted by Crippen LogP contribution is 2.54. The summed E-state index contributed by atoms with van der Waals surface area (Å²) in [5, 5.41) is 4.57. The van der Waals surface area contributed by atoms with Crippen LogP contribution >= 0.6 is 0 Å². The van der Waals surface area contributed by atoms with Crippen molar-refractivity contribution < 1.29 is 42.9 Å². The van der Waals surface area contributed by atoms with E-state index in [1.807, 2.05) is 6.07 Å². The third-order valence-electron chi connectivity index (χ3n) is 7.08. The summed E-state index contributed by atoms with van der Waals surface area (Å²) >= 11 is 0. The molecule has 2 aliphatic rings. The maximum atomic E-state index is 13.4. The average Bonchev–Trinajstić information content (AvgIpc) is 2.96. The maximum absolute atomic E-state index is 13.4. The van der Waals surface area contributed by atoms with Crippen LogP contribution in [0.3, 0.4) is 0 Å². The van der Waals surface area contributed by atoms with Gasteiger partial charge in [-0.1, -0.05) is 25.0 Å². The lowest BCUT2D eigenvalue weighted by Gasteiger charge is -2.58. The summed E-state index contributed by atoms with van der Waals surface area (Å²) in [5.41, 5.74) is 1.88. The lowest BCUT2D eigenvalue weighted by Crippen LogP contribution is -2.73. The van der Waals surface area contributed by atoms with Crippen LogP contribution in [0.25, 0.3) is 10.8 Å². The first-order chi connectivity index (χ1) is 18.3. The van der Waals surface area contributed by atoms with Gasteiger partial charge in [0, 0.05) is 10.9 Å². The topological polar surface area (TPSA) is 136 Å². The number of carbonyl (C=O) groups excluding carboxylic acids is 4. The summed E-state index contributed by atoms with van der Waals surface area (Å²) < 4.78 is 25.4. The Hall–Kier alpha value is -4.42. The molecule has 0 aromatic heterocycles. The van der Waals surface area contributed by atoms with E-state index in [-0.39, 0.29) is 5.69 Å². The minimum atomic E-state index is -1.37. The van der Waals surface area contributed by atoms with Crippen LogP contribution in [0.4, 0.5) is 24.9 Å². The number of amides is 4. The Kier molecular flexibility index (Phi) is 7.37. The molecule has 38 heavy (non-hydrogen) atoms. The summed E-state index contributed by atoms with van der Waals surface area (Å²) in [7, 11) is 6.27. The molecule has 1 aliphatic carbocycles. The molecule has 0 spiro atoms. The predicted molar refractivity (Wildman–Crippen MR) is 133 cm³/mol. The number of hydrogen-bond donors (Lipinski definition) is 1. The molecule has 0 radical (unpaired) electrons. The molecular formula is C25H30N4O9. The molecule has 4 rings (SSSR count). The van der Waals surface area contributed by atoms with Gasteiger partial charge in [-0.2, -0.15) is 5.01 Å². The van der Waals surface area contributed by atoms with Crippen LogP contribution in [0.15, 0.2) is 30.3 Å². The SMILES string of the molecule is COC(=O)NN(C(=O)OC)[C@@]12CCCC[C@@H]1N(C(=O)OC)N(C(=O)OC)c1c2ccc2cc(OC)ccc12. The monoisotopic (exact) mass is 530 g/mol. The van der Waals surface area contributed by atoms with Gasteiger partial charge in [0.15, 0.2) is 0 Å². The molecule has 1 aliphatic heterocycles. The number of carbonyl (C=O) groups is 4. The van der Waals surface area contributed by atoms with Crippen LogP contribution in [0.1, 0.15) is 31.2 Å². The molecular weight excluding hydrogens is 500 g/mol. The number of nitrogens with zero attached hydrogens (tertiary/aromatic N) is 3. The lowest BCUT2D eigenvalue weighted by atomic mass is 9.69. The van der Waals surface area contributed by atoms with Crippen molar-refractivity contribution in [2.45, 2.75) is 37.3 Å². The van der Waals surface area contributed by atoms with Crippen LogP contribution in [0, 0.1) is 0 Å². The maximum Gasteiger partial charge on any atom is 0.433 e. The second-order valence-electron chi connectivity index (χ2n) is 8.74. The Labute approximate surface area is 219 Å². The first-order valence-electron chi connectivity index (χ1n) is 11.9. The van der Waals surface area contributed by atoms with Crippen LogP contribution in [-0.2, 0) is 24.5 Å². The van der Waals surface area contributed by atoms with Crippen molar-refractivity contribution in [3.05, 3.63) is 35.9 Å². The molecule has 0 bridgehead atoms. The fraction of sp³-hybridized carbons (Fsp3) is 0.440. The number of fused-ring (bicyclic) bond motifs is 5. The van der Waals surface area contributed by atoms with Gasteiger partial charge in [-0.05, 0) is 36.4 Å². The van der Waals surface area contributed by atoms with Crippen molar-refractivity contribution in [3.8, 4) is 5.75 Å². The van der Waals surface area contributed by atoms with E-state index in [2.05, 4.69) is 5.43 Å². The normalized spacial score (nSPS) is 20.0. The molecule has 0 unspecified atom stereocenters. The zero-order chi connectivity index (χ0) is 27.6. The Morgan fingerprint density at radius 3 is 2.29 bits per heavy atom. The predicted octanol–water partition coefficient (Wildman–Crippen LogP) is 3.90. The fourth-order valence-electron chi connectivity index (χ4n) is 5.51. The standard InChI is InChI=1S/C25H30N4O9/c1-34-16-10-11-17-15(14-16)9-12-18-20(17)28(23(32)37-4)27(22(31)36-3)19-8-6-7-13-25(18,19)29(24(33)38-5)26-21(30)35-2/h9-12,14,19H,6-8,13H2,1-5H3,(H,26,30)/t19-,25+/m0/s1. The Balaban J connectivity index is 2.14. The summed E-state index contributed by atoms with van der Waals surface area (Å²) in [6.45, 7) is 0. The van der Waals surface area contributed by atoms with Crippen molar-refractivity contribution in [1.29, 1.82) is 0 Å². The summed E-state index contributed by atoms with van der Waals surface area (Å²) in [6, 6.07) is 7.95. The number of rotatable bonds is 2. The number of nitrogens with one attached hydrogen (secondary N) is 1. The first kappa shape index (κ1) is 26.6. The van der Waals surface area contributed by atoms with Crippen molar-refractivity contribution in [2.75, 3.05) is 40.6 Å². The van der Waals surface area contributed by atoms with Crippen molar-refractivity contribution >= 4 is 40.8 Å². The molecule has 2 aromatic carbocycles. The minimum Gasteiger partial charge on any atom is -0.497 e. The summed E-state index contributed by atoms with van der Waals surface area (Å²) in [4.78, 5) is 52.4. The molecule has 13 nitrogen and oxygen atoms in total. The molecule has 2 atom stereocenters. The molecule has 4 amide bonds. The van der Waals surface area contributed by atoms with E-state index in [0.717, 1.165) is 22.1 Å². The molecule has 1 fully saturated rings. The van der Waals surface area contributed by atoms with Gasteiger partial charge in [0.25, 0.3) is 0 Å². The van der Waals surface area contributed by atoms with Gasteiger partial charge in [-0.25, -0.2) is 34.6 Å². The lowest BCUT2D eigenvalue weighted by molar-refractivity contribution is -0.0573. The van der Waals surface area contributed by atoms with Gasteiger partial charge >= 0.3 is 24.4 Å². The van der Waals surface area contributed by atoms with Gasteiger partial charge in [-0.3, -0.25) is 0 Å². The van der Waals surface area contributed by atoms with Gasteiger partial charge < -0.3 is 23.7 Å². The third kappa shape index (κ3) is 4.03. The van der Waals surface area contributed by atoms with E-state index >= 15 is 0 Å². The van der Waals surface area contributed by atoms with E-state index in [4.69, 9.17) is 23.7 Å². The first-order valence-corrected chi connectivity index (χ1v) is 11.9. The molecule has 204 valence electrons. The van der Waals surface area contributed by atoms with Crippen LogP contribution < -0.4 is 15.2 Å². The molecule has 13 heteroatoms. The Morgan fingerprint density at radius 1 is 0.921 bits per heavy atom. The largest absolute Gasteiger partial charge is 0.497 e. The third-order valence-corrected chi connectivity index (χ3v) is 7.08. The second kappa shape index (κ2) is 10.5. The highest BCUT2D eigenvalue weighted by molar-refractivity contribution is 6.05. The summed E-state index contributed by atoms with van der Waals surface area (Å²) in [5.74, 6) is 0.580. The highest BCUT2D eigenvalue weighted by atomic mass is 16.6. The molecule has 1 saturated carbocycles. The second-order valence-corrected chi connectivity index (χ2v) is 8.74. The van der Waals surface area contributed by atoms with Crippen LogP contribution in [0.5, 0.6) is 5.75 Å². The van der Waals surface area contributed by atoms with E-state index in [0.29, 0.717) is 47.8 Å². The molecule has 1 heterocycles. The Morgan fingerprint density at radius 2 is 1.66 bits per heavy atom. The average molecular weight is 531 g/mol. The van der Waals surface area contributed by atoms with E-state index < -0.39 is 36.0 Å². The quantitative estimate of drug-likeness (QED) is 0.453. The zero-order valence-electron chi connectivity index (χ0n) is 21.8. The number of anilines is 1. The molecule has 2 aromatic rings. The van der Waals surface area contributed by atoms with Gasteiger partial charge in [-0.15, -0.1) is 0 Å². The van der Waals surface area contributed by atoms with Gasteiger partial charge in [0.05, 0.1) is 47.3 Å². The van der Waals surface area contributed by atoms with Gasteiger partial charge in [0.2, 0.25) is 0 Å². The summed E-state index contributed by atoms with van der Waals surface area (Å²) in [6.07, 6.45) is -1.52. The number of hydrogen-bond acceptors (Lipinski definition) is 9. The van der Waals surface area contributed by atoms with Crippen molar-refractivity contribution in [2.24, 2.45) is 0 Å².